The quantitative estimate of drug-likeness (QED) is 0.288. The van der Waals surface area contributed by atoms with E-state index in [9.17, 15) is 36.7 Å². The second-order valence-electron chi connectivity index (χ2n) is 6.36. The number of rotatable bonds is 9. The summed E-state index contributed by atoms with van der Waals surface area (Å²) < 4.78 is 63.1. The van der Waals surface area contributed by atoms with Crippen LogP contribution in [0.2, 0.25) is 0 Å². The number of benzene rings is 2. The maximum atomic E-state index is 13.6. The minimum absolute atomic E-state index is 0.0752. The molecule has 0 aliphatic heterocycles. The number of ketones is 1. The van der Waals surface area contributed by atoms with Crippen molar-refractivity contribution < 1.29 is 51.3 Å². The molecule has 0 bridgehead atoms. The molecule has 3 N–H and O–H groups in total. The lowest BCUT2D eigenvalue weighted by atomic mass is 10.1. The van der Waals surface area contributed by atoms with Crippen molar-refractivity contribution in [3.63, 3.8) is 0 Å². The van der Waals surface area contributed by atoms with Crippen LogP contribution in [0.4, 0.5) is 23.2 Å². The lowest BCUT2D eigenvalue weighted by molar-refractivity contribution is -0.142. The summed E-state index contributed by atoms with van der Waals surface area (Å²) in [6, 6.07) is 3.83. The standard InChI is InChI=1S/C20H16F4N2O7/c1-32-10-4-2-9(3-5-10)25-19(30)20(31)26-13(7-15(28)29)14(27)8-33-18-16(23)11(21)6-12(22)17(18)24/h2-6,13H,7-8H2,1H3,(H,25,30)(H,26,31)(H,28,29)/t13-/m0/s1. The Kier molecular flexibility index (Phi) is 8.31. The average Bonchev–Trinajstić information content (AvgIpc) is 2.77. The van der Waals surface area contributed by atoms with Gasteiger partial charge < -0.3 is 25.2 Å². The Morgan fingerprint density at radius 3 is 2.06 bits per heavy atom. The van der Waals surface area contributed by atoms with Crippen LogP contribution in [0.15, 0.2) is 30.3 Å². The Morgan fingerprint density at radius 1 is 0.970 bits per heavy atom. The third-order valence-electron chi connectivity index (χ3n) is 4.06. The van der Waals surface area contributed by atoms with E-state index in [0.29, 0.717) is 5.75 Å². The summed E-state index contributed by atoms with van der Waals surface area (Å²) in [5, 5.41) is 13.0. The zero-order valence-electron chi connectivity index (χ0n) is 16.8. The largest absolute Gasteiger partial charge is 0.497 e. The van der Waals surface area contributed by atoms with E-state index >= 15 is 0 Å². The number of hydrogen-bond donors (Lipinski definition) is 3. The number of methoxy groups -OCH3 is 1. The van der Waals surface area contributed by atoms with Crippen molar-refractivity contribution in [1.82, 2.24) is 5.32 Å². The van der Waals surface area contributed by atoms with Gasteiger partial charge in [-0.3, -0.25) is 19.2 Å². The van der Waals surface area contributed by atoms with Gasteiger partial charge in [0, 0.05) is 11.8 Å². The van der Waals surface area contributed by atoms with Crippen molar-refractivity contribution in [1.29, 1.82) is 0 Å². The normalized spacial score (nSPS) is 11.3. The number of aliphatic carboxylic acids is 1. The molecule has 0 radical (unpaired) electrons. The monoisotopic (exact) mass is 472 g/mol. The smallest absolute Gasteiger partial charge is 0.313 e. The van der Waals surface area contributed by atoms with Crippen LogP contribution in [0, 0.1) is 23.3 Å². The van der Waals surface area contributed by atoms with Gasteiger partial charge >= 0.3 is 17.8 Å². The molecule has 0 aromatic heterocycles. The van der Waals surface area contributed by atoms with Crippen LogP contribution >= 0.6 is 0 Å². The molecule has 2 aromatic carbocycles. The molecule has 0 saturated carbocycles. The molecular weight excluding hydrogens is 456 g/mol. The van der Waals surface area contributed by atoms with Gasteiger partial charge in [0.05, 0.1) is 13.5 Å². The van der Waals surface area contributed by atoms with E-state index in [2.05, 4.69) is 10.1 Å². The van der Waals surface area contributed by atoms with Crippen LogP contribution in [0.25, 0.3) is 0 Å². The number of halogens is 4. The minimum Gasteiger partial charge on any atom is -0.497 e. The molecule has 2 rings (SSSR count). The molecule has 2 aromatic rings. The Hall–Kier alpha value is -4.16. The van der Waals surface area contributed by atoms with E-state index in [-0.39, 0.29) is 11.8 Å². The SMILES string of the molecule is COc1ccc(NC(=O)C(=O)N[C@@H](CC(=O)O)C(=O)COc2c(F)c(F)cc(F)c2F)cc1. The summed E-state index contributed by atoms with van der Waals surface area (Å²) in [4.78, 5) is 47.4. The third-order valence-corrected chi connectivity index (χ3v) is 4.06. The van der Waals surface area contributed by atoms with Crippen molar-refractivity contribution in [2.75, 3.05) is 19.0 Å². The van der Waals surface area contributed by atoms with Crippen molar-refractivity contribution in [2.45, 2.75) is 12.5 Å². The Balaban J connectivity index is 2.07. The number of amides is 2. The number of carbonyl (C=O) groups excluding carboxylic acids is 3. The highest BCUT2D eigenvalue weighted by molar-refractivity contribution is 6.40. The number of carbonyl (C=O) groups is 4. The molecule has 0 aliphatic carbocycles. The molecular formula is C20H16F4N2O7. The first-order valence-corrected chi connectivity index (χ1v) is 8.99. The lowest BCUT2D eigenvalue weighted by Crippen LogP contribution is -2.48. The Labute approximate surface area is 183 Å². The van der Waals surface area contributed by atoms with Gasteiger partial charge in [0.2, 0.25) is 11.6 Å². The van der Waals surface area contributed by atoms with E-state index in [1.54, 1.807) is 0 Å². The van der Waals surface area contributed by atoms with E-state index in [1.807, 2.05) is 5.32 Å². The highest BCUT2D eigenvalue weighted by Crippen LogP contribution is 2.26. The number of ether oxygens (including phenoxy) is 2. The number of carboxylic acid groups (broad SMARTS) is 1. The van der Waals surface area contributed by atoms with Crippen molar-refractivity contribution in [3.8, 4) is 11.5 Å². The van der Waals surface area contributed by atoms with Crippen LogP contribution in [0.5, 0.6) is 11.5 Å². The molecule has 0 saturated heterocycles. The van der Waals surface area contributed by atoms with Gasteiger partial charge in [0.25, 0.3) is 0 Å². The number of Topliss-reactive ketones (excluding diaryl/α,β-unsaturated/α-hetero) is 1. The van der Waals surface area contributed by atoms with E-state index in [0.717, 1.165) is 0 Å². The molecule has 176 valence electrons. The Bertz CT molecular complexity index is 1050. The second kappa shape index (κ2) is 10.9. The molecule has 0 unspecified atom stereocenters. The van der Waals surface area contributed by atoms with Crippen LogP contribution in [0.1, 0.15) is 6.42 Å². The number of hydrogen-bond acceptors (Lipinski definition) is 6. The lowest BCUT2D eigenvalue weighted by Gasteiger charge is -2.16. The first kappa shape index (κ1) is 25.1. The fraction of sp³-hybridized carbons (Fsp3) is 0.200. The number of carboxylic acids is 1. The summed E-state index contributed by atoms with van der Waals surface area (Å²) >= 11 is 0. The molecule has 0 heterocycles. The van der Waals surface area contributed by atoms with Gasteiger partial charge in [-0.25, -0.2) is 8.78 Å². The van der Waals surface area contributed by atoms with Crippen molar-refractivity contribution in [2.24, 2.45) is 0 Å². The average molecular weight is 472 g/mol. The highest BCUT2D eigenvalue weighted by atomic mass is 19.2. The topological polar surface area (TPSA) is 131 Å². The second-order valence-corrected chi connectivity index (χ2v) is 6.36. The van der Waals surface area contributed by atoms with Gasteiger partial charge in [-0.15, -0.1) is 0 Å². The van der Waals surface area contributed by atoms with E-state index in [4.69, 9.17) is 9.84 Å². The Morgan fingerprint density at radius 2 is 1.55 bits per heavy atom. The molecule has 2 amide bonds. The first-order valence-electron chi connectivity index (χ1n) is 8.99. The molecule has 0 aliphatic rings. The van der Waals surface area contributed by atoms with E-state index in [1.165, 1.54) is 31.4 Å². The summed E-state index contributed by atoms with van der Waals surface area (Å²) in [5.41, 5.74) is 0.180. The van der Waals surface area contributed by atoms with Gasteiger partial charge in [-0.05, 0) is 24.3 Å². The maximum Gasteiger partial charge on any atom is 0.313 e. The molecule has 1 atom stereocenters. The van der Waals surface area contributed by atoms with Crippen molar-refractivity contribution in [3.05, 3.63) is 53.6 Å². The van der Waals surface area contributed by atoms with Gasteiger partial charge in [-0.2, -0.15) is 8.78 Å². The summed E-state index contributed by atoms with van der Waals surface area (Å²) in [6.07, 6.45) is -1.02. The molecule has 13 heteroatoms. The van der Waals surface area contributed by atoms with Crippen LogP contribution in [-0.2, 0) is 19.2 Å². The zero-order chi connectivity index (χ0) is 24.7. The van der Waals surface area contributed by atoms with Gasteiger partial charge in [0.1, 0.15) is 18.4 Å². The number of nitrogens with one attached hydrogen (secondary N) is 2. The molecule has 0 fully saturated rings. The van der Waals surface area contributed by atoms with Gasteiger partial charge in [0.15, 0.2) is 23.2 Å². The summed E-state index contributed by atoms with van der Waals surface area (Å²) in [7, 11) is 1.41. The first-order chi connectivity index (χ1) is 15.5. The maximum absolute atomic E-state index is 13.6. The fourth-order valence-corrected chi connectivity index (χ4v) is 2.43. The number of anilines is 1. The van der Waals surface area contributed by atoms with Crippen LogP contribution in [-0.4, -0.2) is 48.4 Å². The predicted octanol–water partition coefficient (Wildman–Crippen LogP) is 1.80. The highest BCUT2D eigenvalue weighted by Gasteiger charge is 2.28. The predicted molar refractivity (Wildman–Crippen MR) is 103 cm³/mol. The fourth-order valence-electron chi connectivity index (χ4n) is 2.43. The third kappa shape index (κ3) is 6.66. The zero-order valence-corrected chi connectivity index (χ0v) is 16.8. The van der Waals surface area contributed by atoms with Crippen LogP contribution < -0.4 is 20.1 Å². The van der Waals surface area contributed by atoms with E-state index < -0.39 is 71.7 Å². The molecule has 9 nitrogen and oxygen atoms in total. The van der Waals surface area contributed by atoms with Crippen molar-refractivity contribution >= 4 is 29.3 Å². The van der Waals surface area contributed by atoms with Gasteiger partial charge in [-0.1, -0.05) is 0 Å². The van der Waals surface area contributed by atoms with Crippen LogP contribution in [0.3, 0.4) is 0 Å². The summed E-state index contributed by atoms with van der Waals surface area (Å²) in [5.74, 6) is -14.0. The molecule has 33 heavy (non-hydrogen) atoms. The summed E-state index contributed by atoms with van der Waals surface area (Å²) in [6.45, 7) is -1.27. The minimum atomic E-state index is -1.92. The molecule has 0 spiro atoms.